The summed E-state index contributed by atoms with van der Waals surface area (Å²) in [6.07, 6.45) is -2.68. The molecule has 0 heterocycles. The minimum absolute atomic E-state index is 0.0546. The Hall–Kier alpha value is -1.53. The Morgan fingerprint density at radius 3 is 2.43 bits per heavy atom. The molecule has 2 nitrogen and oxygen atoms in total. The van der Waals surface area contributed by atoms with Gasteiger partial charge in [0, 0.05) is 6.04 Å². The molecule has 118 valence electrons. The van der Waals surface area contributed by atoms with Gasteiger partial charge in [-0.25, -0.2) is 0 Å². The van der Waals surface area contributed by atoms with Gasteiger partial charge in [-0.15, -0.1) is 0 Å². The summed E-state index contributed by atoms with van der Waals surface area (Å²) < 4.78 is 68.0. The SMILES string of the molecule is FC(F)Oc1ccccc1NC1CCCCC1C(F)(F)F. The molecule has 7 heteroatoms. The maximum atomic E-state index is 13.0. The van der Waals surface area contributed by atoms with E-state index in [1.807, 2.05) is 0 Å². The van der Waals surface area contributed by atoms with Crippen LogP contribution in [0.2, 0.25) is 0 Å². The van der Waals surface area contributed by atoms with Gasteiger partial charge in [-0.3, -0.25) is 0 Å². The normalized spacial score (nSPS) is 23.1. The van der Waals surface area contributed by atoms with Crippen molar-refractivity contribution in [3.05, 3.63) is 24.3 Å². The van der Waals surface area contributed by atoms with Crippen molar-refractivity contribution in [1.29, 1.82) is 0 Å². The Bertz CT molecular complexity index is 463. The third-order valence-electron chi connectivity index (χ3n) is 3.63. The second-order valence-corrected chi connectivity index (χ2v) is 5.06. The molecule has 0 aliphatic heterocycles. The van der Waals surface area contributed by atoms with Crippen LogP contribution < -0.4 is 10.1 Å². The zero-order valence-electron chi connectivity index (χ0n) is 11.2. The zero-order chi connectivity index (χ0) is 15.5. The second-order valence-electron chi connectivity index (χ2n) is 5.06. The van der Waals surface area contributed by atoms with Gasteiger partial charge in [0.2, 0.25) is 0 Å². The number of alkyl halides is 5. The van der Waals surface area contributed by atoms with Crippen LogP contribution in [0.1, 0.15) is 25.7 Å². The van der Waals surface area contributed by atoms with Crippen molar-refractivity contribution in [3.8, 4) is 5.75 Å². The van der Waals surface area contributed by atoms with Crippen LogP contribution >= 0.6 is 0 Å². The van der Waals surface area contributed by atoms with Gasteiger partial charge in [-0.2, -0.15) is 22.0 Å². The molecule has 1 aromatic carbocycles. The Balaban J connectivity index is 2.16. The van der Waals surface area contributed by atoms with Crippen LogP contribution in [0.25, 0.3) is 0 Å². The van der Waals surface area contributed by atoms with Gasteiger partial charge in [-0.1, -0.05) is 25.0 Å². The predicted molar refractivity (Wildman–Crippen MR) is 68.5 cm³/mol. The highest BCUT2D eigenvalue weighted by molar-refractivity contribution is 5.57. The second kappa shape index (κ2) is 6.49. The minimum atomic E-state index is -4.30. The predicted octanol–water partition coefficient (Wildman–Crippen LogP) is 4.82. The van der Waals surface area contributed by atoms with Crippen molar-refractivity contribution in [1.82, 2.24) is 0 Å². The molecular weight excluding hydrogens is 293 g/mol. The summed E-state index contributed by atoms with van der Waals surface area (Å²) in [5.41, 5.74) is 0.166. The van der Waals surface area contributed by atoms with Crippen molar-refractivity contribution >= 4 is 5.69 Å². The van der Waals surface area contributed by atoms with Crippen molar-refractivity contribution in [3.63, 3.8) is 0 Å². The number of para-hydroxylation sites is 2. The molecule has 21 heavy (non-hydrogen) atoms. The average molecular weight is 309 g/mol. The van der Waals surface area contributed by atoms with E-state index in [4.69, 9.17) is 0 Å². The lowest BCUT2D eigenvalue weighted by molar-refractivity contribution is -0.184. The maximum Gasteiger partial charge on any atom is 0.393 e. The van der Waals surface area contributed by atoms with E-state index in [0.717, 1.165) is 0 Å². The number of hydrogen-bond acceptors (Lipinski definition) is 2. The van der Waals surface area contributed by atoms with Crippen LogP contribution in [0.15, 0.2) is 24.3 Å². The number of anilines is 1. The first-order valence-electron chi connectivity index (χ1n) is 6.75. The lowest BCUT2D eigenvalue weighted by Gasteiger charge is -2.34. The number of halogens is 5. The molecule has 1 fully saturated rings. The summed E-state index contributed by atoms with van der Waals surface area (Å²) in [5.74, 6) is -1.61. The first-order valence-corrected chi connectivity index (χ1v) is 6.75. The highest BCUT2D eigenvalue weighted by Gasteiger charge is 2.45. The summed E-state index contributed by atoms with van der Waals surface area (Å²) in [5, 5.41) is 2.73. The molecule has 0 radical (unpaired) electrons. The summed E-state index contributed by atoms with van der Waals surface area (Å²) >= 11 is 0. The molecule has 0 spiro atoms. The molecule has 1 aliphatic carbocycles. The van der Waals surface area contributed by atoms with Crippen LogP contribution in [-0.4, -0.2) is 18.8 Å². The molecular formula is C14H16F5NO. The van der Waals surface area contributed by atoms with E-state index >= 15 is 0 Å². The number of nitrogens with one attached hydrogen (secondary N) is 1. The van der Waals surface area contributed by atoms with Crippen LogP contribution in [0.5, 0.6) is 5.75 Å². The summed E-state index contributed by atoms with van der Waals surface area (Å²) in [6, 6.07) is 4.98. The highest BCUT2D eigenvalue weighted by atomic mass is 19.4. The fourth-order valence-electron chi connectivity index (χ4n) is 2.68. The monoisotopic (exact) mass is 309 g/mol. The van der Waals surface area contributed by atoms with Gasteiger partial charge in [-0.05, 0) is 25.0 Å². The van der Waals surface area contributed by atoms with Crippen LogP contribution in [0.4, 0.5) is 27.6 Å². The standard InChI is InChI=1S/C14H16F5NO/c15-13(16)21-12-8-4-3-7-11(12)20-10-6-2-1-5-9(10)14(17,18)19/h3-4,7-10,13,20H,1-2,5-6H2. The molecule has 0 amide bonds. The van der Waals surface area contributed by atoms with Gasteiger partial charge < -0.3 is 10.1 Å². The molecule has 1 aromatic rings. The summed E-state index contributed by atoms with van der Waals surface area (Å²) in [4.78, 5) is 0. The first-order chi connectivity index (χ1) is 9.88. The smallest absolute Gasteiger partial charge is 0.393 e. The molecule has 2 atom stereocenters. The molecule has 1 saturated carbocycles. The van der Waals surface area contributed by atoms with E-state index in [2.05, 4.69) is 10.1 Å². The molecule has 1 aliphatic rings. The average Bonchev–Trinajstić information content (AvgIpc) is 2.40. The Labute approximate surface area is 119 Å². The summed E-state index contributed by atoms with van der Waals surface area (Å²) in [7, 11) is 0. The van der Waals surface area contributed by atoms with E-state index in [0.29, 0.717) is 19.3 Å². The quantitative estimate of drug-likeness (QED) is 0.805. The molecule has 1 N–H and O–H groups in total. The number of benzene rings is 1. The molecule has 0 bridgehead atoms. The Morgan fingerprint density at radius 1 is 1.10 bits per heavy atom. The minimum Gasteiger partial charge on any atom is -0.433 e. The number of hydrogen-bond donors (Lipinski definition) is 1. The van der Waals surface area contributed by atoms with Gasteiger partial charge in [0.15, 0.2) is 0 Å². The number of rotatable bonds is 4. The number of ether oxygens (including phenoxy) is 1. The van der Waals surface area contributed by atoms with E-state index < -0.39 is 24.7 Å². The molecule has 2 unspecified atom stereocenters. The van der Waals surface area contributed by atoms with Crippen molar-refractivity contribution in [2.45, 2.75) is 44.5 Å². The fourth-order valence-corrected chi connectivity index (χ4v) is 2.68. The Kier molecular flexibility index (Phi) is 4.90. The van der Waals surface area contributed by atoms with Gasteiger partial charge in [0.1, 0.15) is 5.75 Å². The van der Waals surface area contributed by atoms with Gasteiger partial charge >= 0.3 is 12.8 Å². The zero-order valence-corrected chi connectivity index (χ0v) is 11.2. The topological polar surface area (TPSA) is 21.3 Å². The van der Waals surface area contributed by atoms with Crippen LogP contribution in [-0.2, 0) is 0 Å². The maximum absolute atomic E-state index is 13.0. The fraction of sp³-hybridized carbons (Fsp3) is 0.571. The molecule has 0 aromatic heterocycles. The lowest BCUT2D eigenvalue weighted by Crippen LogP contribution is -2.41. The van der Waals surface area contributed by atoms with Crippen molar-refractivity contribution < 1.29 is 26.7 Å². The Morgan fingerprint density at radius 2 is 1.76 bits per heavy atom. The molecule has 2 rings (SSSR count). The van der Waals surface area contributed by atoms with Crippen molar-refractivity contribution in [2.75, 3.05) is 5.32 Å². The van der Waals surface area contributed by atoms with E-state index in [1.165, 1.54) is 18.2 Å². The first kappa shape index (κ1) is 15.9. The van der Waals surface area contributed by atoms with Crippen LogP contribution in [0, 0.1) is 5.92 Å². The van der Waals surface area contributed by atoms with E-state index in [1.54, 1.807) is 6.07 Å². The largest absolute Gasteiger partial charge is 0.433 e. The van der Waals surface area contributed by atoms with Gasteiger partial charge in [0.25, 0.3) is 0 Å². The van der Waals surface area contributed by atoms with Crippen molar-refractivity contribution in [2.24, 2.45) is 5.92 Å². The third-order valence-corrected chi connectivity index (χ3v) is 3.63. The third kappa shape index (κ3) is 4.22. The van der Waals surface area contributed by atoms with E-state index in [-0.39, 0.29) is 17.9 Å². The van der Waals surface area contributed by atoms with E-state index in [9.17, 15) is 22.0 Å². The summed E-state index contributed by atoms with van der Waals surface area (Å²) in [6.45, 7) is -3.02. The molecule has 0 saturated heterocycles. The van der Waals surface area contributed by atoms with Crippen LogP contribution in [0.3, 0.4) is 0 Å². The highest BCUT2D eigenvalue weighted by Crippen LogP contribution is 2.40. The lowest BCUT2D eigenvalue weighted by atomic mass is 9.84. The van der Waals surface area contributed by atoms with Gasteiger partial charge in [0.05, 0.1) is 11.6 Å².